The maximum absolute atomic E-state index is 5.63. The minimum absolute atomic E-state index is 0.270. The van der Waals surface area contributed by atoms with Crippen molar-refractivity contribution in [3.63, 3.8) is 0 Å². The number of piperazine rings is 1. The van der Waals surface area contributed by atoms with Crippen LogP contribution in [0.15, 0.2) is 42.5 Å². The van der Waals surface area contributed by atoms with Crippen molar-refractivity contribution < 1.29 is 14.2 Å². The standard InChI is InChI=1S/C23H28N2O3/c1-26-21-11-18(12-22-23(21)28-16-27-22)13-25-14-19-8-5-9-24(19)15-20(25)10-17-6-3-2-4-7-17/h2-4,6-7,11-12,19-20H,5,8-10,13-16H2,1H3/t19-,20+/m0/s1. The zero-order valence-corrected chi connectivity index (χ0v) is 16.5. The van der Waals surface area contributed by atoms with Gasteiger partial charge in [0, 0.05) is 31.7 Å². The molecule has 2 atom stereocenters. The van der Waals surface area contributed by atoms with Crippen molar-refractivity contribution in [3.8, 4) is 17.2 Å². The summed E-state index contributed by atoms with van der Waals surface area (Å²) >= 11 is 0. The lowest BCUT2D eigenvalue weighted by Gasteiger charge is -2.44. The minimum Gasteiger partial charge on any atom is -0.493 e. The monoisotopic (exact) mass is 380 g/mol. The van der Waals surface area contributed by atoms with E-state index in [0.29, 0.717) is 12.1 Å². The number of nitrogens with zero attached hydrogens (tertiary/aromatic N) is 2. The van der Waals surface area contributed by atoms with Gasteiger partial charge in [-0.3, -0.25) is 9.80 Å². The Balaban J connectivity index is 1.39. The normalized spacial score (nSPS) is 24.3. The Morgan fingerprint density at radius 1 is 1.07 bits per heavy atom. The van der Waals surface area contributed by atoms with Crippen molar-refractivity contribution in [1.82, 2.24) is 9.80 Å². The van der Waals surface area contributed by atoms with Crippen LogP contribution in [-0.2, 0) is 13.0 Å². The van der Waals surface area contributed by atoms with Crippen LogP contribution in [0.1, 0.15) is 24.0 Å². The minimum atomic E-state index is 0.270. The molecule has 0 amide bonds. The molecule has 0 spiro atoms. The first-order valence-electron chi connectivity index (χ1n) is 10.3. The lowest BCUT2D eigenvalue weighted by molar-refractivity contribution is 0.0455. The van der Waals surface area contributed by atoms with Crippen molar-refractivity contribution in [2.45, 2.75) is 37.9 Å². The number of fused-ring (bicyclic) bond motifs is 2. The van der Waals surface area contributed by atoms with E-state index in [1.165, 1.54) is 30.5 Å². The molecule has 5 rings (SSSR count). The molecule has 2 aromatic carbocycles. The van der Waals surface area contributed by atoms with Crippen LogP contribution < -0.4 is 14.2 Å². The highest BCUT2D eigenvalue weighted by Gasteiger charge is 2.36. The van der Waals surface area contributed by atoms with Gasteiger partial charge in [-0.05, 0) is 49.1 Å². The Morgan fingerprint density at radius 3 is 2.82 bits per heavy atom. The Hall–Kier alpha value is -2.24. The van der Waals surface area contributed by atoms with Crippen LogP contribution in [0.3, 0.4) is 0 Å². The second-order valence-corrected chi connectivity index (χ2v) is 8.10. The molecule has 3 aliphatic rings. The Kier molecular flexibility index (Phi) is 4.87. The highest BCUT2D eigenvalue weighted by molar-refractivity contribution is 5.55. The molecule has 5 nitrogen and oxygen atoms in total. The van der Waals surface area contributed by atoms with Gasteiger partial charge >= 0.3 is 0 Å². The van der Waals surface area contributed by atoms with Crippen LogP contribution in [0.2, 0.25) is 0 Å². The summed E-state index contributed by atoms with van der Waals surface area (Å²) in [5.74, 6) is 2.30. The van der Waals surface area contributed by atoms with Crippen molar-refractivity contribution in [3.05, 3.63) is 53.6 Å². The third kappa shape index (κ3) is 3.45. The predicted molar refractivity (Wildman–Crippen MR) is 108 cm³/mol. The Labute approximate surface area is 166 Å². The van der Waals surface area contributed by atoms with Gasteiger partial charge < -0.3 is 14.2 Å². The van der Waals surface area contributed by atoms with Gasteiger partial charge in [0.05, 0.1) is 7.11 Å². The summed E-state index contributed by atoms with van der Waals surface area (Å²) in [4.78, 5) is 5.36. The molecule has 0 unspecified atom stereocenters. The van der Waals surface area contributed by atoms with Gasteiger partial charge in [-0.1, -0.05) is 30.3 Å². The van der Waals surface area contributed by atoms with Gasteiger partial charge in [0.25, 0.3) is 0 Å². The van der Waals surface area contributed by atoms with Gasteiger partial charge in [-0.15, -0.1) is 0 Å². The smallest absolute Gasteiger partial charge is 0.231 e. The third-order valence-corrected chi connectivity index (χ3v) is 6.32. The molecule has 0 N–H and O–H groups in total. The average Bonchev–Trinajstić information content (AvgIpc) is 3.37. The van der Waals surface area contributed by atoms with Crippen molar-refractivity contribution in [1.29, 1.82) is 0 Å². The predicted octanol–water partition coefficient (Wildman–Crippen LogP) is 3.32. The van der Waals surface area contributed by atoms with Crippen LogP contribution in [0.25, 0.3) is 0 Å². The van der Waals surface area contributed by atoms with Crippen LogP contribution >= 0.6 is 0 Å². The van der Waals surface area contributed by atoms with E-state index in [1.54, 1.807) is 7.11 Å². The quantitative estimate of drug-likeness (QED) is 0.795. The van der Waals surface area contributed by atoms with Gasteiger partial charge in [-0.2, -0.15) is 0 Å². The largest absolute Gasteiger partial charge is 0.493 e. The summed E-state index contributed by atoms with van der Waals surface area (Å²) in [5.41, 5.74) is 2.64. The first-order chi connectivity index (χ1) is 13.8. The third-order valence-electron chi connectivity index (χ3n) is 6.32. The van der Waals surface area contributed by atoms with E-state index in [9.17, 15) is 0 Å². The van der Waals surface area contributed by atoms with Crippen LogP contribution in [0.5, 0.6) is 17.2 Å². The average molecular weight is 380 g/mol. The summed E-state index contributed by atoms with van der Waals surface area (Å²) in [5, 5.41) is 0. The van der Waals surface area contributed by atoms with Gasteiger partial charge in [-0.25, -0.2) is 0 Å². The molecule has 0 saturated carbocycles. The summed E-state index contributed by atoms with van der Waals surface area (Å²) in [6, 6.07) is 16.3. The molecular formula is C23H28N2O3. The summed E-state index contributed by atoms with van der Waals surface area (Å²) < 4.78 is 16.7. The highest BCUT2D eigenvalue weighted by Crippen LogP contribution is 2.42. The fourth-order valence-corrected chi connectivity index (χ4v) is 4.93. The maximum Gasteiger partial charge on any atom is 0.231 e. The zero-order valence-electron chi connectivity index (χ0n) is 16.5. The summed E-state index contributed by atoms with van der Waals surface area (Å²) in [6.45, 7) is 4.72. The van der Waals surface area contributed by atoms with Crippen molar-refractivity contribution in [2.24, 2.45) is 0 Å². The Morgan fingerprint density at radius 2 is 1.96 bits per heavy atom. The second kappa shape index (κ2) is 7.64. The summed E-state index contributed by atoms with van der Waals surface area (Å²) in [6.07, 6.45) is 3.74. The SMILES string of the molecule is COc1cc(CN2C[C@@H]3CCCN3C[C@H]2Cc2ccccc2)cc2c1OCO2. The Bertz CT molecular complexity index is 826. The molecule has 0 radical (unpaired) electrons. The van der Waals surface area contributed by atoms with Crippen LogP contribution in [-0.4, -0.2) is 55.4 Å². The van der Waals surface area contributed by atoms with E-state index >= 15 is 0 Å². The molecule has 3 heterocycles. The summed E-state index contributed by atoms with van der Waals surface area (Å²) in [7, 11) is 1.69. The molecule has 0 aromatic heterocycles. The maximum atomic E-state index is 5.63. The molecule has 0 aliphatic carbocycles. The lowest BCUT2D eigenvalue weighted by Crippen LogP contribution is -2.56. The number of benzene rings is 2. The molecule has 2 aromatic rings. The number of hydrogen-bond acceptors (Lipinski definition) is 5. The van der Waals surface area contributed by atoms with E-state index in [2.05, 4.69) is 52.3 Å². The van der Waals surface area contributed by atoms with E-state index in [0.717, 1.165) is 43.3 Å². The molecule has 148 valence electrons. The highest BCUT2D eigenvalue weighted by atomic mass is 16.7. The zero-order chi connectivity index (χ0) is 18.9. The first kappa shape index (κ1) is 17.8. The number of hydrogen-bond donors (Lipinski definition) is 0. The molecule has 0 bridgehead atoms. The van der Waals surface area contributed by atoms with Crippen LogP contribution in [0.4, 0.5) is 0 Å². The van der Waals surface area contributed by atoms with Crippen molar-refractivity contribution in [2.75, 3.05) is 33.5 Å². The number of methoxy groups -OCH3 is 1. The topological polar surface area (TPSA) is 34.2 Å². The first-order valence-corrected chi connectivity index (χ1v) is 10.3. The molecule has 5 heteroatoms. The molecule has 3 aliphatic heterocycles. The van der Waals surface area contributed by atoms with E-state index in [1.807, 2.05) is 0 Å². The van der Waals surface area contributed by atoms with E-state index < -0.39 is 0 Å². The van der Waals surface area contributed by atoms with Crippen molar-refractivity contribution >= 4 is 0 Å². The lowest BCUT2D eigenvalue weighted by atomic mass is 9.99. The molecular weight excluding hydrogens is 352 g/mol. The number of rotatable bonds is 5. The van der Waals surface area contributed by atoms with Crippen LogP contribution in [0, 0.1) is 0 Å². The van der Waals surface area contributed by atoms with E-state index in [-0.39, 0.29) is 6.79 Å². The van der Waals surface area contributed by atoms with Gasteiger partial charge in [0.15, 0.2) is 11.5 Å². The number of ether oxygens (including phenoxy) is 3. The molecule has 28 heavy (non-hydrogen) atoms. The molecule has 2 fully saturated rings. The van der Waals surface area contributed by atoms with Gasteiger partial charge in [0.2, 0.25) is 12.5 Å². The van der Waals surface area contributed by atoms with E-state index in [4.69, 9.17) is 14.2 Å². The fourth-order valence-electron chi connectivity index (χ4n) is 4.93. The second-order valence-electron chi connectivity index (χ2n) is 8.10. The van der Waals surface area contributed by atoms with Gasteiger partial charge in [0.1, 0.15) is 0 Å². The molecule has 2 saturated heterocycles. The fraction of sp³-hybridized carbons (Fsp3) is 0.478.